The van der Waals surface area contributed by atoms with Gasteiger partial charge in [0.05, 0.1) is 0 Å². The molecule has 0 unspecified atom stereocenters. The molecule has 1 aromatic carbocycles. The normalized spacial score (nSPS) is 10.6. The molecular weight excluding hydrogens is 244 g/mol. The van der Waals surface area contributed by atoms with Crippen LogP contribution in [-0.2, 0) is 0 Å². The van der Waals surface area contributed by atoms with Gasteiger partial charge in [-0.15, -0.1) is 0 Å². The fraction of sp³-hybridized carbons (Fsp3) is 0.0769. The number of aryl methyl sites for hydroxylation is 1. The van der Waals surface area contributed by atoms with E-state index in [1.807, 2.05) is 0 Å². The molecule has 0 spiro atoms. The summed E-state index contributed by atoms with van der Waals surface area (Å²) in [5.41, 5.74) is 2.01. The van der Waals surface area contributed by atoms with E-state index in [1.54, 1.807) is 31.2 Å². The van der Waals surface area contributed by atoms with E-state index in [1.165, 1.54) is 12.4 Å². The molecule has 0 atom stereocenters. The lowest BCUT2D eigenvalue weighted by atomic mass is 10.3. The summed E-state index contributed by atoms with van der Waals surface area (Å²) < 4.78 is 5.36. The standard InChI is InChI=1S/C13H10N4O2/c1-8-16-10-7-9(3-4-11(10)19-8)17-13(18)12-14-5-2-6-15-12/h2-7H,1H3,(H,17,18). The lowest BCUT2D eigenvalue weighted by Gasteiger charge is -2.02. The fourth-order valence-electron chi connectivity index (χ4n) is 1.72. The molecule has 0 saturated carbocycles. The third-order valence-electron chi connectivity index (χ3n) is 2.52. The predicted molar refractivity (Wildman–Crippen MR) is 68.7 cm³/mol. The van der Waals surface area contributed by atoms with Crippen molar-refractivity contribution < 1.29 is 9.21 Å². The quantitative estimate of drug-likeness (QED) is 0.758. The van der Waals surface area contributed by atoms with Gasteiger partial charge in [-0.1, -0.05) is 0 Å². The minimum absolute atomic E-state index is 0.124. The minimum atomic E-state index is -0.361. The number of anilines is 1. The SMILES string of the molecule is Cc1nc2cc(NC(=O)c3ncccn3)ccc2o1. The van der Waals surface area contributed by atoms with E-state index in [0.29, 0.717) is 22.7 Å². The molecule has 2 heterocycles. The van der Waals surface area contributed by atoms with Gasteiger partial charge in [-0.25, -0.2) is 15.0 Å². The second kappa shape index (κ2) is 4.49. The van der Waals surface area contributed by atoms with Crippen molar-refractivity contribution in [2.24, 2.45) is 0 Å². The van der Waals surface area contributed by atoms with Gasteiger partial charge in [0, 0.05) is 25.0 Å². The third-order valence-corrected chi connectivity index (χ3v) is 2.52. The number of nitrogens with one attached hydrogen (secondary N) is 1. The van der Waals surface area contributed by atoms with Crippen LogP contribution < -0.4 is 5.32 Å². The van der Waals surface area contributed by atoms with Crippen LogP contribution in [0.5, 0.6) is 0 Å². The predicted octanol–water partition coefficient (Wildman–Crippen LogP) is 2.18. The molecule has 0 aliphatic carbocycles. The number of oxazole rings is 1. The summed E-state index contributed by atoms with van der Waals surface area (Å²) in [7, 11) is 0. The number of nitrogens with zero attached hydrogens (tertiary/aromatic N) is 3. The van der Waals surface area contributed by atoms with Gasteiger partial charge in [0.2, 0.25) is 5.82 Å². The van der Waals surface area contributed by atoms with E-state index >= 15 is 0 Å². The number of rotatable bonds is 2. The highest BCUT2D eigenvalue weighted by Gasteiger charge is 2.09. The van der Waals surface area contributed by atoms with Gasteiger partial charge in [-0.2, -0.15) is 0 Å². The average molecular weight is 254 g/mol. The maximum Gasteiger partial charge on any atom is 0.293 e. The molecule has 19 heavy (non-hydrogen) atoms. The van der Waals surface area contributed by atoms with Gasteiger partial charge in [0.25, 0.3) is 5.91 Å². The number of aromatic nitrogens is 3. The summed E-state index contributed by atoms with van der Waals surface area (Å²) in [6, 6.07) is 6.90. The summed E-state index contributed by atoms with van der Waals surface area (Å²) in [4.78, 5) is 23.8. The first-order valence-corrected chi connectivity index (χ1v) is 5.68. The van der Waals surface area contributed by atoms with E-state index in [4.69, 9.17) is 4.42 Å². The molecule has 1 amide bonds. The zero-order valence-corrected chi connectivity index (χ0v) is 10.1. The van der Waals surface area contributed by atoms with E-state index in [2.05, 4.69) is 20.3 Å². The molecule has 3 aromatic rings. The van der Waals surface area contributed by atoms with Crippen molar-refractivity contribution in [1.29, 1.82) is 0 Å². The summed E-state index contributed by atoms with van der Waals surface area (Å²) in [5, 5.41) is 2.71. The molecular formula is C13H10N4O2. The minimum Gasteiger partial charge on any atom is -0.441 e. The average Bonchev–Trinajstić information content (AvgIpc) is 2.79. The van der Waals surface area contributed by atoms with Gasteiger partial charge < -0.3 is 9.73 Å². The topological polar surface area (TPSA) is 80.9 Å². The molecule has 0 aliphatic heterocycles. The Morgan fingerprint density at radius 1 is 1.26 bits per heavy atom. The Balaban J connectivity index is 1.87. The molecule has 0 saturated heterocycles. The highest BCUT2D eigenvalue weighted by atomic mass is 16.3. The molecule has 0 aliphatic rings. The maximum atomic E-state index is 11.9. The highest BCUT2D eigenvalue weighted by molar-refractivity contribution is 6.02. The van der Waals surface area contributed by atoms with Gasteiger partial charge in [-0.05, 0) is 24.3 Å². The van der Waals surface area contributed by atoms with Gasteiger partial charge in [0.1, 0.15) is 5.52 Å². The van der Waals surface area contributed by atoms with E-state index in [0.717, 1.165) is 0 Å². The van der Waals surface area contributed by atoms with Crippen molar-refractivity contribution in [2.45, 2.75) is 6.92 Å². The largest absolute Gasteiger partial charge is 0.441 e. The second-order valence-electron chi connectivity index (χ2n) is 3.94. The summed E-state index contributed by atoms with van der Waals surface area (Å²) >= 11 is 0. The number of carbonyl (C=O) groups is 1. The van der Waals surface area contributed by atoms with Crippen molar-refractivity contribution in [3.63, 3.8) is 0 Å². The Hall–Kier alpha value is -2.76. The summed E-state index contributed by atoms with van der Waals surface area (Å²) in [6.07, 6.45) is 3.04. The van der Waals surface area contributed by atoms with Crippen molar-refractivity contribution in [1.82, 2.24) is 15.0 Å². The number of amides is 1. The Bertz CT molecular complexity index is 737. The van der Waals surface area contributed by atoms with Crippen LogP contribution in [0.25, 0.3) is 11.1 Å². The van der Waals surface area contributed by atoms with Crippen molar-refractivity contribution >= 4 is 22.7 Å². The number of fused-ring (bicyclic) bond motifs is 1. The maximum absolute atomic E-state index is 11.9. The van der Waals surface area contributed by atoms with Crippen LogP contribution >= 0.6 is 0 Å². The first-order chi connectivity index (χ1) is 9.22. The van der Waals surface area contributed by atoms with Gasteiger partial charge in [0.15, 0.2) is 11.5 Å². The zero-order valence-electron chi connectivity index (χ0n) is 10.1. The highest BCUT2D eigenvalue weighted by Crippen LogP contribution is 2.19. The van der Waals surface area contributed by atoms with Crippen LogP contribution in [0.2, 0.25) is 0 Å². The monoisotopic (exact) mass is 254 g/mol. The summed E-state index contributed by atoms with van der Waals surface area (Å²) in [5.74, 6) is 0.351. The van der Waals surface area contributed by atoms with E-state index in [-0.39, 0.29) is 11.7 Å². The first-order valence-electron chi connectivity index (χ1n) is 5.68. The van der Waals surface area contributed by atoms with Crippen LogP contribution in [0.15, 0.2) is 41.1 Å². The number of hydrogen-bond acceptors (Lipinski definition) is 5. The Kier molecular flexibility index (Phi) is 2.68. The fourth-order valence-corrected chi connectivity index (χ4v) is 1.72. The smallest absolute Gasteiger partial charge is 0.293 e. The molecule has 6 heteroatoms. The Morgan fingerprint density at radius 3 is 2.84 bits per heavy atom. The van der Waals surface area contributed by atoms with E-state index < -0.39 is 0 Å². The Labute approximate surface area is 108 Å². The van der Waals surface area contributed by atoms with Crippen molar-refractivity contribution in [3.05, 3.63) is 48.4 Å². The van der Waals surface area contributed by atoms with Crippen LogP contribution in [0.4, 0.5) is 5.69 Å². The van der Waals surface area contributed by atoms with Crippen LogP contribution in [0.1, 0.15) is 16.5 Å². The Morgan fingerprint density at radius 2 is 2.05 bits per heavy atom. The number of carbonyl (C=O) groups excluding carboxylic acids is 1. The molecule has 6 nitrogen and oxygen atoms in total. The lowest BCUT2D eigenvalue weighted by Crippen LogP contribution is -2.15. The zero-order chi connectivity index (χ0) is 13.2. The van der Waals surface area contributed by atoms with Crippen LogP contribution in [0, 0.1) is 6.92 Å². The number of benzene rings is 1. The van der Waals surface area contributed by atoms with Crippen molar-refractivity contribution in [2.75, 3.05) is 5.32 Å². The molecule has 2 aromatic heterocycles. The van der Waals surface area contributed by atoms with Gasteiger partial charge >= 0.3 is 0 Å². The van der Waals surface area contributed by atoms with Crippen LogP contribution in [0.3, 0.4) is 0 Å². The van der Waals surface area contributed by atoms with E-state index in [9.17, 15) is 4.79 Å². The van der Waals surface area contributed by atoms with Crippen LogP contribution in [-0.4, -0.2) is 20.9 Å². The third kappa shape index (κ3) is 2.28. The second-order valence-corrected chi connectivity index (χ2v) is 3.94. The molecule has 94 valence electrons. The molecule has 3 rings (SSSR count). The molecule has 0 fully saturated rings. The lowest BCUT2D eigenvalue weighted by molar-refractivity contribution is 0.101. The van der Waals surface area contributed by atoms with Crippen molar-refractivity contribution in [3.8, 4) is 0 Å². The van der Waals surface area contributed by atoms with Gasteiger partial charge in [-0.3, -0.25) is 4.79 Å². The molecule has 0 bridgehead atoms. The summed E-state index contributed by atoms with van der Waals surface area (Å²) in [6.45, 7) is 1.77. The first kappa shape index (κ1) is 11.3. The molecule has 1 N–H and O–H groups in total. The number of hydrogen-bond donors (Lipinski definition) is 1. The molecule has 0 radical (unpaired) electrons.